The van der Waals surface area contributed by atoms with Crippen LogP contribution < -0.4 is 11.3 Å². The van der Waals surface area contributed by atoms with E-state index in [1.54, 1.807) is 10.7 Å². The summed E-state index contributed by atoms with van der Waals surface area (Å²) < 4.78 is 1.57. The van der Waals surface area contributed by atoms with Crippen molar-refractivity contribution in [3.05, 3.63) is 22.4 Å². The highest BCUT2D eigenvalue weighted by Crippen LogP contribution is 2.35. The molecule has 1 aliphatic rings. The summed E-state index contributed by atoms with van der Waals surface area (Å²) in [6, 6.07) is 0. The molecular formula is C9H11N5O. The number of fused-ring (bicyclic) bond motifs is 1. The van der Waals surface area contributed by atoms with Crippen LogP contribution >= 0.6 is 0 Å². The Hall–Kier alpha value is -1.85. The van der Waals surface area contributed by atoms with Crippen LogP contribution in [0.25, 0.3) is 5.52 Å². The van der Waals surface area contributed by atoms with E-state index in [1.807, 2.05) is 0 Å². The summed E-state index contributed by atoms with van der Waals surface area (Å²) >= 11 is 0. The number of hydrogen-bond acceptors (Lipinski definition) is 4. The summed E-state index contributed by atoms with van der Waals surface area (Å²) in [5.74, 6) is 1.42. The molecule has 2 aromatic heterocycles. The molecule has 6 nitrogen and oxygen atoms in total. The first-order valence-electron chi connectivity index (χ1n) is 4.99. The standard InChI is InChI=1S/C9H11N5O/c10-9-12-8(15)6-4-11-7(14(6)13-9)5-2-1-3-5/h4-5H,1-3H2,(H3,10,12,13,15). The van der Waals surface area contributed by atoms with E-state index in [0.29, 0.717) is 11.4 Å². The van der Waals surface area contributed by atoms with Gasteiger partial charge in [-0.15, -0.1) is 5.10 Å². The number of aromatic amines is 1. The van der Waals surface area contributed by atoms with Crippen LogP contribution in [0.4, 0.5) is 5.95 Å². The molecule has 15 heavy (non-hydrogen) atoms. The normalized spacial score (nSPS) is 16.8. The fourth-order valence-electron chi connectivity index (χ4n) is 1.88. The summed E-state index contributed by atoms with van der Waals surface area (Å²) in [5, 5.41) is 4.08. The van der Waals surface area contributed by atoms with Gasteiger partial charge in [-0.05, 0) is 12.8 Å². The Morgan fingerprint density at radius 2 is 2.33 bits per heavy atom. The second-order valence-electron chi connectivity index (χ2n) is 3.88. The Kier molecular flexibility index (Phi) is 1.59. The van der Waals surface area contributed by atoms with Crippen LogP contribution in [0.2, 0.25) is 0 Å². The SMILES string of the molecule is Nc1nn2c(C3CCC3)ncc2c(=O)[nH]1. The Balaban J connectivity index is 2.27. The quantitative estimate of drug-likeness (QED) is 0.699. The average Bonchev–Trinajstić information content (AvgIpc) is 2.46. The Morgan fingerprint density at radius 1 is 1.53 bits per heavy atom. The number of hydrogen-bond donors (Lipinski definition) is 2. The first-order chi connectivity index (χ1) is 7.25. The van der Waals surface area contributed by atoms with Crippen LogP contribution in [0.15, 0.2) is 11.0 Å². The highest BCUT2D eigenvalue weighted by atomic mass is 16.1. The second kappa shape index (κ2) is 2.82. The van der Waals surface area contributed by atoms with Crippen LogP contribution in [0.3, 0.4) is 0 Å². The molecule has 2 heterocycles. The van der Waals surface area contributed by atoms with Crippen molar-refractivity contribution in [3.63, 3.8) is 0 Å². The molecule has 1 fully saturated rings. The molecule has 0 unspecified atom stereocenters. The highest BCUT2D eigenvalue weighted by molar-refractivity contribution is 5.44. The van der Waals surface area contributed by atoms with Crippen molar-refractivity contribution in [1.29, 1.82) is 0 Å². The molecule has 0 aliphatic heterocycles. The smallest absolute Gasteiger partial charge is 0.278 e. The maximum absolute atomic E-state index is 11.5. The van der Waals surface area contributed by atoms with E-state index in [0.717, 1.165) is 18.7 Å². The molecule has 0 bridgehead atoms. The Morgan fingerprint density at radius 3 is 3.00 bits per heavy atom. The van der Waals surface area contributed by atoms with Gasteiger partial charge in [0.2, 0.25) is 5.95 Å². The lowest BCUT2D eigenvalue weighted by atomic mass is 9.85. The van der Waals surface area contributed by atoms with Crippen molar-refractivity contribution in [3.8, 4) is 0 Å². The van der Waals surface area contributed by atoms with Crippen LogP contribution in [0.1, 0.15) is 31.0 Å². The molecule has 0 amide bonds. The van der Waals surface area contributed by atoms with Crippen LogP contribution in [0, 0.1) is 0 Å². The van der Waals surface area contributed by atoms with Gasteiger partial charge in [0.15, 0.2) is 5.52 Å². The number of nitrogens with zero attached hydrogens (tertiary/aromatic N) is 3. The molecule has 1 saturated carbocycles. The minimum Gasteiger partial charge on any atom is -0.368 e. The van der Waals surface area contributed by atoms with Gasteiger partial charge in [0.1, 0.15) is 5.82 Å². The summed E-state index contributed by atoms with van der Waals surface area (Å²) in [5.41, 5.74) is 5.73. The van der Waals surface area contributed by atoms with Crippen molar-refractivity contribution >= 4 is 11.5 Å². The maximum atomic E-state index is 11.5. The van der Waals surface area contributed by atoms with E-state index < -0.39 is 0 Å². The van der Waals surface area contributed by atoms with Gasteiger partial charge >= 0.3 is 0 Å². The first-order valence-corrected chi connectivity index (χ1v) is 4.99. The summed E-state index contributed by atoms with van der Waals surface area (Å²) in [6.45, 7) is 0. The molecule has 6 heteroatoms. The summed E-state index contributed by atoms with van der Waals surface area (Å²) in [7, 11) is 0. The molecule has 0 saturated heterocycles. The lowest BCUT2D eigenvalue weighted by Gasteiger charge is -2.23. The molecule has 0 spiro atoms. The molecule has 3 N–H and O–H groups in total. The molecule has 0 radical (unpaired) electrons. The van der Waals surface area contributed by atoms with Gasteiger partial charge < -0.3 is 5.73 Å². The lowest BCUT2D eigenvalue weighted by Crippen LogP contribution is -2.19. The lowest BCUT2D eigenvalue weighted by molar-refractivity contribution is 0.396. The predicted octanol–water partition coefficient (Wildman–Crippen LogP) is 0.267. The Bertz CT molecular complexity index is 565. The van der Waals surface area contributed by atoms with Gasteiger partial charge in [-0.2, -0.15) is 0 Å². The number of anilines is 1. The Labute approximate surface area is 85.1 Å². The fourth-order valence-corrected chi connectivity index (χ4v) is 1.88. The van der Waals surface area contributed by atoms with E-state index in [9.17, 15) is 4.79 Å². The topological polar surface area (TPSA) is 89.1 Å². The minimum absolute atomic E-state index is 0.131. The van der Waals surface area contributed by atoms with Crippen molar-refractivity contribution in [2.45, 2.75) is 25.2 Å². The monoisotopic (exact) mass is 205 g/mol. The fraction of sp³-hybridized carbons (Fsp3) is 0.444. The number of nitrogen functional groups attached to an aromatic ring is 1. The van der Waals surface area contributed by atoms with E-state index in [-0.39, 0.29) is 11.5 Å². The van der Waals surface area contributed by atoms with Gasteiger partial charge in [0.25, 0.3) is 5.56 Å². The molecule has 0 atom stereocenters. The third-order valence-electron chi connectivity index (χ3n) is 2.92. The van der Waals surface area contributed by atoms with Crippen molar-refractivity contribution < 1.29 is 0 Å². The molecule has 0 aromatic carbocycles. The van der Waals surface area contributed by atoms with Gasteiger partial charge in [-0.25, -0.2) is 9.50 Å². The zero-order chi connectivity index (χ0) is 10.4. The van der Waals surface area contributed by atoms with Crippen molar-refractivity contribution in [2.75, 3.05) is 5.73 Å². The summed E-state index contributed by atoms with van der Waals surface area (Å²) in [4.78, 5) is 18.2. The average molecular weight is 205 g/mol. The zero-order valence-electron chi connectivity index (χ0n) is 8.10. The number of nitrogens with two attached hydrogens (primary N) is 1. The number of aromatic nitrogens is 4. The van der Waals surface area contributed by atoms with Crippen molar-refractivity contribution in [1.82, 2.24) is 19.6 Å². The van der Waals surface area contributed by atoms with E-state index in [2.05, 4.69) is 15.1 Å². The van der Waals surface area contributed by atoms with Gasteiger partial charge in [0.05, 0.1) is 6.20 Å². The van der Waals surface area contributed by atoms with Gasteiger partial charge in [-0.1, -0.05) is 6.42 Å². The number of imidazole rings is 1. The van der Waals surface area contributed by atoms with Crippen LogP contribution in [0.5, 0.6) is 0 Å². The third kappa shape index (κ3) is 1.14. The predicted molar refractivity (Wildman–Crippen MR) is 54.6 cm³/mol. The van der Waals surface area contributed by atoms with E-state index in [1.165, 1.54) is 6.42 Å². The summed E-state index contributed by atoms with van der Waals surface area (Å²) in [6.07, 6.45) is 5.01. The second-order valence-corrected chi connectivity index (χ2v) is 3.88. The van der Waals surface area contributed by atoms with Gasteiger partial charge in [-0.3, -0.25) is 9.78 Å². The highest BCUT2D eigenvalue weighted by Gasteiger charge is 2.24. The van der Waals surface area contributed by atoms with Crippen LogP contribution in [-0.2, 0) is 0 Å². The van der Waals surface area contributed by atoms with Crippen LogP contribution in [-0.4, -0.2) is 19.6 Å². The van der Waals surface area contributed by atoms with Crippen molar-refractivity contribution in [2.24, 2.45) is 0 Å². The number of rotatable bonds is 1. The first kappa shape index (κ1) is 8.46. The molecule has 3 rings (SSSR count). The third-order valence-corrected chi connectivity index (χ3v) is 2.92. The van der Waals surface area contributed by atoms with Gasteiger partial charge in [0, 0.05) is 5.92 Å². The van der Waals surface area contributed by atoms with E-state index in [4.69, 9.17) is 5.73 Å². The maximum Gasteiger partial charge on any atom is 0.278 e. The number of H-pyrrole nitrogens is 1. The zero-order valence-corrected chi connectivity index (χ0v) is 8.10. The molecule has 78 valence electrons. The molecule has 1 aliphatic carbocycles. The largest absolute Gasteiger partial charge is 0.368 e. The molecule has 2 aromatic rings. The van der Waals surface area contributed by atoms with E-state index >= 15 is 0 Å². The number of nitrogens with one attached hydrogen (secondary N) is 1. The molecular weight excluding hydrogens is 194 g/mol. The minimum atomic E-state index is -0.236.